The minimum absolute atomic E-state index is 0.381. The summed E-state index contributed by atoms with van der Waals surface area (Å²) in [5.74, 6) is 0. The molecule has 82 valence electrons. The van der Waals surface area contributed by atoms with E-state index in [0.717, 1.165) is 11.1 Å². The first-order valence-corrected chi connectivity index (χ1v) is 6.06. The van der Waals surface area contributed by atoms with Crippen LogP contribution in [0.2, 0.25) is 0 Å². The molecule has 0 aliphatic heterocycles. The lowest BCUT2D eigenvalue weighted by molar-refractivity contribution is 0.536. The summed E-state index contributed by atoms with van der Waals surface area (Å²) in [5, 5.41) is 0. The fourth-order valence-electron chi connectivity index (χ4n) is 1.63. The summed E-state index contributed by atoms with van der Waals surface area (Å²) in [4.78, 5) is 0.381. The molecular weight excluding hydrogens is 220 g/mol. The van der Waals surface area contributed by atoms with Crippen LogP contribution >= 0.6 is 0 Å². The maximum Gasteiger partial charge on any atom is 0.0284 e. The molecule has 0 aliphatic rings. The quantitative estimate of drug-likeness (QED) is 0.761. The van der Waals surface area contributed by atoms with Crippen LogP contribution in [-0.2, 0) is 17.5 Å². The molecule has 0 aromatic heterocycles. The normalized spacial score (nSPS) is 12.3. The van der Waals surface area contributed by atoms with Crippen molar-refractivity contribution in [1.29, 1.82) is 0 Å². The molecule has 0 heterocycles. The van der Waals surface area contributed by atoms with Crippen molar-refractivity contribution in [3.8, 4) is 0 Å². The van der Waals surface area contributed by atoms with Crippen molar-refractivity contribution in [1.82, 2.24) is 0 Å². The van der Waals surface area contributed by atoms with E-state index < -0.39 is 11.1 Å². The highest BCUT2D eigenvalue weighted by Crippen LogP contribution is 2.16. The first-order valence-electron chi connectivity index (χ1n) is 4.98. The largest absolute Gasteiger partial charge is 0.768 e. The molecule has 0 spiro atoms. The predicted molar refractivity (Wildman–Crippen MR) is 62.9 cm³/mol. The van der Waals surface area contributed by atoms with Crippen LogP contribution in [0.25, 0.3) is 0 Å². The Morgan fingerprint density at radius 1 is 0.938 bits per heavy atom. The summed E-state index contributed by atoms with van der Waals surface area (Å²) < 4.78 is 22.0. The molecule has 0 radical (unpaired) electrons. The minimum atomic E-state index is -2.16. The minimum Gasteiger partial charge on any atom is -0.768 e. The van der Waals surface area contributed by atoms with E-state index in [9.17, 15) is 8.76 Å². The van der Waals surface area contributed by atoms with E-state index in [4.69, 9.17) is 0 Å². The van der Waals surface area contributed by atoms with Crippen molar-refractivity contribution in [2.24, 2.45) is 0 Å². The summed E-state index contributed by atoms with van der Waals surface area (Å²) in [6.45, 7) is 0. The molecular formula is C13H11O2S-. The molecule has 0 bridgehead atoms. The van der Waals surface area contributed by atoms with Gasteiger partial charge in [0, 0.05) is 4.90 Å². The van der Waals surface area contributed by atoms with Crippen molar-refractivity contribution in [3.05, 3.63) is 65.7 Å². The third-order valence-electron chi connectivity index (χ3n) is 2.39. The second kappa shape index (κ2) is 5.05. The van der Waals surface area contributed by atoms with Gasteiger partial charge in [0.15, 0.2) is 0 Å². The van der Waals surface area contributed by atoms with Crippen molar-refractivity contribution in [2.75, 3.05) is 0 Å². The first kappa shape index (κ1) is 11.0. The van der Waals surface area contributed by atoms with Crippen LogP contribution in [0.15, 0.2) is 59.5 Å². The van der Waals surface area contributed by atoms with Gasteiger partial charge in [-0.25, -0.2) is 0 Å². The zero-order valence-electron chi connectivity index (χ0n) is 8.63. The third kappa shape index (κ3) is 2.56. The Balaban J connectivity index is 2.31. The molecule has 2 aromatic rings. The third-order valence-corrected chi connectivity index (χ3v) is 3.15. The molecule has 2 rings (SSSR count). The predicted octanol–water partition coefficient (Wildman–Crippen LogP) is 2.52. The van der Waals surface area contributed by atoms with E-state index in [2.05, 4.69) is 0 Å². The Hall–Kier alpha value is -1.45. The van der Waals surface area contributed by atoms with E-state index >= 15 is 0 Å². The Bertz CT molecular complexity index is 494. The summed E-state index contributed by atoms with van der Waals surface area (Å²) in [7, 11) is 0. The SMILES string of the molecule is O=S([O-])c1ccccc1Cc1ccccc1. The molecule has 2 aromatic carbocycles. The van der Waals surface area contributed by atoms with E-state index in [1.54, 1.807) is 12.1 Å². The lowest BCUT2D eigenvalue weighted by Gasteiger charge is -2.11. The summed E-state index contributed by atoms with van der Waals surface area (Å²) in [6.07, 6.45) is 0.644. The van der Waals surface area contributed by atoms with Crippen LogP contribution in [0.4, 0.5) is 0 Å². The number of rotatable bonds is 3. The van der Waals surface area contributed by atoms with Gasteiger partial charge in [0.25, 0.3) is 0 Å². The smallest absolute Gasteiger partial charge is 0.0284 e. The Morgan fingerprint density at radius 3 is 2.25 bits per heavy atom. The fraction of sp³-hybridized carbons (Fsp3) is 0.0769. The summed E-state index contributed by atoms with van der Waals surface area (Å²) >= 11 is -2.16. The van der Waals surface area contributed by atoms with E-state index in [-0.39, 0.29) is 0 Å². The maximum atomic E-state index is 11.0. The summed E-state index contributed by atoms with van der Waals surface area (Å²) in [6, 6.07) is 16.9. The second-order valence-electron chi connectivity index (χ2n) is 3.50. The number of benzene rings is 2. The molecule has 16 heavy (non-hydrogen) atoms. The van der Waals surface area contributed by atoms with Crippen molar-refractivity contribution < 1.29 is 8.76 Å². The van der Waals surface area contributed by atoms with Crippen molar-refractivity contribution >= 4 is 11.1 Å². The molecule has 0 aliphatic carbocycles. The lowest BCUT2D eigenvalue weighted by atomic mass is 10.1. The average molecular weight is 231 g/mol. The molecule has 0 amide bonds. The van der Waals surface area contributed by atoms with Gasteiger partial charge in [-0.05, 0) is 34.7 Å². The molecule has 2 nitrogen and oxygen atoms in total. The highest BCUT2D eigenvalue weighted by molar-refractivity contribution is 7.79. The number of hydrogen-bond donors (Lipinski definition) is 0. The van der Waals surface area contributed by atoms with Gasteiger partial charge in [-0.2, -0.15) is 0 Å². The average Bonchev–Trinajstić information content (AvgIpc) is 2.31. The topological polar surface area (TPSA) is 40.1 Å². The van der Waals surface area contributed by atoms with Gasteiger partial charge in [0.05, 0.1) is 0 Å². The first-order chi connectivity index (χ1) is 7.77. The molecule has 0 saturated carbocycles. The van der Waals surface area contributed by atoms with Gasteiger partial charge >= 0.3 is 0 Å². The van der Waals surface area contributed by atoms with Crippen molar-refractivity contribution in [2.45, 2.75) is 11.3 Å². The van der Waals surface area contributed by atoms with Gasteiger partial charge in [0.2, 0.25) is 0 Å². The summed E-state index contributed by atoms with van der Waals surface area (Å²) in [5.41, 5.74) is 1.95. The highest BCUT2D eigenvalue weighted by atomic mass is 32.2. The molecule has 0 saturated heterocycles. The zero-order valence-corrected chi connectivity index (χ0v) is 9.44. The lowest BCUT2D eigenvalue weighted by Crippen LogP contribution is -1.97. The molecule has 0 fully saturated rings. The molecule has 1 atom stereocenters. The van der Waals surface area contributed by atoms with Gasteiger partial charge in [-0.1, -0.05) is 48.5 Å². The van der Waals surface area contributed by atoms with Crippen LogP contribution in [0.3, 0.4) is 0 Å². The monoisotopic (exact) mass is 231 g/mol. The maximum absolute atomic E-state index is 11.0. The Labute approximate surface area is 97.2 Å². The van der Waals surface area contributed by atoms with Crippen LogP contribution in [0, 0.1) is 0 Å². The highest BCUT2D eigenvalue weighted by Gasteiger charge is 2.02. The number of hydrogen-bond acceptors (Lipinski definition) is 2. The Kier molecular flexibility index (Phi) is 3.49. The van der Waals surface area contributed by atoms with E-state index in [0.29, 0.717) is 11.3 Å². The second-order valence-corrected chi connectivity index (χ2v) is 4.41. The van der Waals surface area contributed by atoms with Crippen LogP contribution < -0.4 is 0 Å². The van der Waals surface area contributed by atoms with Crippen LogP contribution in [-0.4, -0.2) is 8.76 Å². The van der Waals surface area contributed by atoms with E-state index in [1.807, 2.05) is 42.5 Å². The molecule has 0 N–H and O–H groups in total. The fourth-order valence-corrected chi connectivity index (χ4v) is 2.17. The van der Waals surface area contributed by atoms with Crippen LogP contribution in [0.5, 0.6) is 0 Å². The standard InChI is InChI=1S/C13H12O2S/c14-16(15)13-9-5-4-8-12(13)10-11-6-2-1-3-7-11/h1-9H,10H2,(H,14,15)/p-1. The zero-order chi connectivity index (χ0) is 11.4. The van der Waals surface area contributed by atoms with Gasteiger partial charge in [-0.15, -0.1) is 0 Å². The van der Waals surface area contributed by atoms with Gasteiger partial charge < -0.3 is 4.55 Å². The van der Waals surface area contributed by atoms with E-state index in [1.165, 1.54) is 0 Å². The Morgan fingerprint density at radius 2 is 1.56 bits per heavy atom. The molecule has 3 heteroatoms. The van der Waals surface area contributed by atoms with Gasteiger partial charge in [-0.3, -0.25) is 4.21 Å². The van der Waals surface area contributed by atoms with Crippen LogP contribution in [0.1, 0.15) is 11.1 Å². The van der Waals surface area contributed by atoms with Crippen molar-refractivity contribution in [3.63, 3.8) is 0 Å². The van der Waals surface area contributed by atoms with Gasteiger partial charge in [0.1, 0.15) is 0 Å². The molecule has 1 unspecified atom stereocenters.